The molecule has 2 unspecified atom stereocenters. The number of hydrogen-bond donors (Lipinski definition) is 1. The highest BCUT2D eigenvalue weighted by molar-refractivity contribution is 5.37. The van der Waals surface area contributed by atoms with E-state index in [1.807, 2.05) is 24.3 Å². The van der Waals surface area contributed by atoms with Crippen molar-refractivity contribution >= 4 is 0 Å². The van der Waals surface area contributed by atoms with Gasteiger partial charge in [0.25, 0.3) is 0 Å². The summed E-state index contributed by atoms with van der Waals surface area (Å²) >= 11 is 0. The second kappa shape index (κ2) is 6.37. The summed E-state index contributed by atoms with van der Waals surface area (Å²) in [6, 6.07) is 8.52. The van der Waals surface area contributed by atoms with Crippen LogP contribution in [-0.4, -0.2) is 35.7 Å². The van der Waals surface area contributed by atoms with Crippen LogP contribution in [0.15, 0.2) is 24.3 Å². The lowest BCUT2D eigenvalue weighted by Gasteiger charge is -2.42. The number of hydrogen-bond acceptors (Lipinski definition) is 3. The molecular weight excluding hydrogens is 262 g/mol. The van der Waals surface area contributed by atoms with Crippen LogP contribution in [0.2, 0.25) is 0 Å². The molecule has 2 atom stereocenters. The molecule has 0 amide bonds. The molecule has 2 aliphatic rings. The fourth-order valence-electron chi connectivity index (χ4n) is 3.90. The van der Waals surface area contributed by atoms with Gasteiger partial charge in [0, 0.05) is 11.6 Å². The third-order valence-corrected chi connectivity index (χ3v) is 5.50. The van der Waals surface area contributed by atoms with Gasteiger partial charge in [-0.15, -0.1) is 0 Å². The summed E-state index contributed by atoms with van der Waals surface area (Å²) < 4.78 is 5.86. The zero-order valence-electron chi connectivity index (χ0n) is 13.2. The summed E-state index contributed by atoms with van der Waals surface area (Å²) in [5, 5.41) is 10.7. The van der Waals surface area contributed by atoms with Crippen molar-refractivity contribution in [3.05, 3.63) is 29.8 Å². The van der Waals surface area contributed by atoms with Gasteiger partial charge in [-0.1, -0.05) is 31.5 Å². The fourth-order valence-corrected chi connectivity index (χ4v) is 3.90. The minimum atomic E-state index is -0.441. The number of aliphatic hydroxyl groups is 1. The van der Waals surface area contributed by atoms with E-state index in [0.29, 0.717) is 12.6 Å². The Kier molecular flexibility index (Phi) is 4.51. The topological polar surface area (TPSA) is 32.7 Å². The lowest BCUT2D eigenvalue weighted by atomic mass is 9.83. The summed E-state index contributed by atoms with van der Waals surface area (Å²) in [5.41, 5.74) is 0.933. The maximum Gasteiger partial charge on any atom is 0.125 e. The average Bonchev–Trinajstić information content (AvgIpc) is 2.55. The predicted molar refractivity (Wildman–Crippen MR) is 84.5 cm³/mol. The van der Waals surface area contributed by atoms with Gasteiger partial charge in [0.1, 0.15) is 18.5 Å². The van der Waals surface area contributed by atoms with Crippen molar-refractivity contribution in [3.63, 3.8) is 0 Å². The zero-order valence-corrected chi connectivity index (χ0v) is 13.2. The Labute approximate surface area is 127 Å². The molecule has 1 aliphatic heterocycles. The average molecular weight is 289 g/mol. The van der Waals surface area contributed by atoms with E-state index >= 15 is 0 Å². The second-order valence-electron chi connectivity index (χ2n) is 6.61. The molecule has 0 aromatic heterocycles. The Morgan fingerprint density at radius 2 is 1.90 bits per heavy atom. The fraction of sp³-hybridized carbons (Fsp3) is 0.667. The van der Waals surface area contributed by atoms with Gasteiger partial charge in [0.2, 0.25) is 0 Å². The summed E-state index contributed by atoms with van der Waals surface area (Å²) in [5.74, 6) is 1.74. The molecule has 0 radical (unpaired) electrons. The summed E-state index contributed by atoms with van der Waals surface area (Å²) in [6.07, 6.45) is 6.01. The van der Waals surface area contributed by atoms with Crippen LogP contribution in [-0.2, 0) is 0 Å². The molecule has 1 aliphatic carbocycles. The quantitative estimate of drug-likeness (QED) is 0.926. The number of fused-ring (bicyclic) bond motifs is 1. The minimum absolute atomic E-state index is 0.0723. The molecule has 1 fully saturated rings. The number of likely N-dealkylation sites (N-methyl/N-ethyl adjacent to an activating group) is 1. The Morgan fingerprint density at radius 3 is 2.62 bits per heavy atom. The van der Waals surface area contributed by atoms with Gasteiger partial charge >= 0.3 is 0 Å². The van der Waals surface area contributed by atoms with Crippen molar-refractivity contribution in [2.24, 2.45) is 5.92 Å². The molecule has 3 heteroatoms. The van der Waals surface area contributed by atoms with Crippen molar-refractivity contribution in [2.45, 2.75) is 57.2 Å². The first-order chi connectivity index (χ1) is 10.2. The predicted octanol–water partition coefficient (Wildman–Crippen LogP) is 3.38. The van der Waals surface area contributed by atoms with E-state index in [1.165, 1.54) is 32.1 Å². The molecule has 0 bridgehead atoms. The van der Waals surface area contributed by atoms with E-state index in [9.17, 15) is 5.11 Å². The first-order valence-electron chi connectivity index (χ1n) is 8.32. The number of benzene rings is 1. The van der Waals surface area contributed by atoms with Gasteiger partial charge in [-0.2, -0.15) is 0 Å². The Morgan fingerprint density at radius 1 is 1.19 bits per heavy atom. The lowest BCUT2D eigenvalue weighted by molar-refractivity contribution is -0.0129. The number of ether oxygens (including phenoxy) is 1. The molecule has 1 aromatic rings. The molecular formula is C18H27NO2. The van der Waals surface area contributed by atoms with Gasteiger partial charge in [-0.25, -0.2) is 0 Å². The van der Waals surface area contributed by atoms with E-state index in [1.54, 1.807) is 0 Å². The summed E-state index contributed by atoms with van der Waals surface area (Å²) in [6.45, 7) is 2.88. The molecule has 0 saturated heterocycles. The first-order valence-corrected chi connectivity index (χ1v) is 8.32. The number of para-hydroxylation sites is 1. The van der Waals surface area contributed by atoms with Crippen LogP contribution in [0.1, 0.15) is 50.7 Å². The zero-order chi connectivity index (χ0) is 14.8. The van der Waals surface area contributed by atoms with Crippen LogP contribution in [0.3, 0.4) is 0 Å². The third-order valence-electron chi connectivity index (χ3n) is 5.50. The van der Waals surface area contributed by atoms with Gasteiger partial charge in [0.05, 0.1) is 6.04 Å². The number of aliphatic hydroxyl groups excluding tert-OH is 1. The van der Waals surface area contributed by atoms with Crippen LogP contribution >= 0.6 is 0 Å². The maximum atomic E-state index is 10.7. The van der Waals surface area contributed by atoms with Crippen molar-refractivity contribution in [1.29, 1.82) is 0 Å². The van der Waals surface area contributed by atoms with E-state index in [2.05, 4.69) is 18.9 Å². The second-order valence-corrected chi connectivity index (χ2v) is 6.61. The molecule has 116 valence electrons. The largest absolute Gasteiger partial charge is 0.491 e. The minimum Gasteiger partial charge on any atom is -0.491 e. The Balaban J connectivity index is 1.67. The highest BCUT2D eigenvalue weighted by Gasteiger charge is 2.35. The number of rotatable bonds is 3. The van der Waals surface area contributed by atoms with Gasteiger partial charge in [-0.3, -0.25) is 4.90 Å². The van der Waals surface area contributed by atoms with E-state index in [4.69, 9.17) is 4.74 Å². The molecule has 1 heterocycles. The normalized spacial score (nSPS) is 32.6. The molecule has 0 spiro atoms. The first kappa shape index (κ1) is 14.9. The molecule has 3 nitrogen and oxygen atoms in total. The highest BCUT2D eigenvalue weighted by atomic mass is 16.5. The maximum absolute atomic E-state index is 10.7. The molecule has 1 aromatic carbocycles. The molecule has 1 N–H and O–H groups in total. The summed E-state index contributed by atoms with van der Waals surface area (Å²) in [7, 11) is 2.15. The number of nitrogens with zero attached hydrogens (tertiary/aromatic N) is 1. The van der Waals surface area contributed by atoms with Crippen LogP contribution in [0.25, 0.3) is 0 Å². The van der Waals surface area contributed by atoms with Crippen LogP contribution in [0.5, 0.6) is 5.75 Å². The third kappa shape index (κ3) is 2.95. The lowest BCUT2D eigenvalue weighted by Crippen LogP contribution is -2.49. The van der Waals surface area contributed by atoms with Crippen LogP contribution in [0.4, 0.5) is 0 Å². The van der Waals surface area contributed by atoms with Crippen LogP contribution in [0, 0.1) is 5.92 Å². The molecule has 3 rings (SSSR count). The standard InChI is InChI=1S/C18H27NO2/c1-3-13-8-10-14(11-9-13)19(2)16-12-21-17-7-5-4-6-15(17)18(16)20/h4-7,13-14,16,18,20H,3,8-12H2,1-2H3. The van der Waals surface area contributed by atoms with E-state index < -0.39 is 6.10 Å². The van der Waals surface area contributed by atoms with Gasteiger partial charge in [0.15, 0.2) is 0 Å². The molecule has 1 saturated carbocycles. The van der Waals surface area contributed by atoms with Crippen LogP contribution < -0.4 is 4.74 Å². The van der Waals surface area contributed by atoms with E-state index in [-0.39, 0.29) is 6.04 Å². The SMILES string of the molecule is CCC1CCC(N(C)C2COc3ccccc3C2O)CC1. The van der Waals surface area contributed by atoms with Crippen molar-refractivity contribution < 1.29 is 9.84 Å². The van der Waals surface area contributed by atoms with Gasteiger partial charge < -0.3 is 9.84 Å². The highest BCUT2D eigenvalue weighted by Crippen LogP contribution is 2.36. The Bertz CT molecular complexity index is 468. The molecule has 21 heavy (non-hydrogen) atoms. The van der Waals surface area contributed by atoms with Crippen molar-refractivity contribution in [3.8, 4) is 5.75 Å². The van der Waals surface area contributed by atoms with Crippen molar-refractivity contribution in [2.75, 3.05) is 13.7 Å². The van der Waals surface area contributed by atoms with Crippen molar-refractivity contribution in [1.82, 2.24) is 4.90 Å². The van der Waals surface area contributed by atoms with E-state index in [0.717, 1.165) is 17.2 Å². The monoisotopic (exact) mass is 289 g/mol. The van der Waals surface area contributed by atoms with Gasteiger partial charge in [-0.05, 0) is 44.7 Å². The Hall–Kier alpha value is -1.06. The smallest absolute Gasteiger partial charge is 0.125 e. The summed E-state index contributed by atoms with van der Waals surface area (Å²) in [4.78, 5) is 2.37.